The molecule has 2 N–H and O–H groups in total. The number of likely N-dealkylation sites (tertiary alicyclic amines) is 1. The molecule has 2 aromatic carbocycles. The summed E-state index contributed by atoms with van der Waals surface area (Å²) in [6.07, 6.45) is 6.16. The molecule has 1 spiro atoms. The second-order valence-corrected chi connectivity index (χ2v) is 12.1. The van der Waals surface area contributed by atoms with Crippen LogP contribution in [0.5, 0.6) is 5.75 Å². The highest BCUT2D eigenvalue weighted by Gasteiger charge is 2.49. The lowest BCUT2D eigenvalue weighted by Crippen LogP contribution is -2.48. The molecular weight excluding hydrogens is 486 g/mol. The number of aromatic amines is 1. The zero-order valence-corrected chi connectivity index (χ0v) is 23.3. The van der Waals surface area contributed by atoms with Crippen molar-refractivity contribution in [3.05, 3.63) is 64.8 Å². The number of aromatic nitrogens is 1. The molecule has 1 atom stereocenters. The van der Waals surface area contributed by atoms with Crippen LogP contribution in [0.25, 0.3) is 10.9 Å². The van der Waals surface area contributed by atoms with E-state index in [1.165, 1.54) is 22.1 Å². The van der Waals surface area contributed by atoms with Crippen molar-refractivity contribution < 1.29 is 9.53 Å². The van der Waals surface area contributed by atoms with Crippen molar-refractivity contribution in [2.45, 2.75) is 45.2 Å². The molecule has 1 aromatic heterocycles. The largest absolute Gasteiger partial charge is 0.496 e. The number of nitrogens with zero attached hydrogens (tertiary/aromatic N) is 3. The van der Waals surface area contributed by atoms with Gasteiger partial charge in [-0.1, -0.05) is 12.1 Å². The number of rotatable bonds is 7. The van der Waals surface area contributed by atoms with Gasteiger partial charge in [0.15, 0.2) is 0 Å². The van der Waals surface area contributed by atoms with Crippen molar-refractivity contribution in [1.82, 2.24) is 20.1 Å². The highest BCUT2D eigenvalue weighted by atomic mass is 16.5. The predicted octanol–water partition coefficient (Wildman–Crippen LogP) is 5.03. The van der Waals surface area contributed by atoms with Gasteiger partial charge in [0.2, 0.25) is 0 Å². The first kappa shape index (κ1) is 25.9. The fraction of sp³-hybridized carbons (Fsp3) is 0.500. The number of H-pyrrole nitrogens is 1. The molecule has 1 aliphatic carbocycles. The Kier molecular flexibility index (Phi) is 6.86. The smallest absolute Gasteiger partial charge is 0.253 e. The highest BCUT2D eigenvalue weighted by Crippen LogP contribution is 2.56. The molecule has 3 fully saturated rings. The van der Waals surface area contributed by atoms with Gasteiger partial charge in [-0.3, -0.25) is 9.69 Å². The van der Waals surface area contributed by atoms with Crippen LogP contribution >= 0.6 is 0 Å². The number of nitriles is 1. The quantitative estimate of drug-likeness (QED) is 0.452. The average molecular weight is 526 g/mol. The maximum Gasteiger partial charge on any atom is 0.253 e. The Morgan fingerprint density at radius 2 is 1.97 bits per heavy atom. The molecule has 7 heteroatoms. The average Bonchev–Trinajstić information content (AvgIpc) is 3.41. The minimum Gasteiger partial charge on any atom is -0.496 e. The Morgan fingerprint density at radius 1 is 1.21 bits per heavy atom. The van der Waals surface area contributed by atoms with Gasteiger partial charge in [0.1, 0.15) is 5.75 Å². The lowest BCUT2D eigenvalue weighted by Gasteiger charge is -2.53. The van der Waals surface area contributed by atoms with Crippen molar-refractivity contribution in [3.63, 3.8) is 0 Å². The molecular formula is C32H39N5O2. The summed E-state index contributed by atoms with van der Waals surface area (Å²) in [5.74, 6) is 1.75. The molecule has 3 aliphatic rings. The number of benzene rings is 2. The van der Waals surface area contributed by atoms with Gasteiger partial charge in [0.05, 0.1) is 13.2 Å². The van der Waals surface area contributed by atoms with Gasteiger partial charge < -0.3 is 19.9 Å². The van der Waals surface area contributed by atoms with Gasteiger partial charge in [-0.05, 0) is 80.0 Å². The molecule has 3 aromatic rings. The van der Waals surface area contributed by atoms with Crippen molar-refractivity contribution in [3.8, 4) is 11.8 Å². The minimum absolute atomic E-state index is 0.0838. The highest BCUT2D eigenvalue weighted by molar-refractivity contribution is 5.94. The zero-order valence-electron chi connectivity index (χ0n) is 23.3. The number of nitrogens with one attached hydrogen (secondary N) is 2. The van der Waals surface area contributed by atoms with E-state index in [1.807, 2.05) is 30.3 Å². The number of piperidine rings is 1. The molecule has 1 saturated carbocycles. The number of methoxy groups -OCH3 is 1. The Balaban J connectivity index is 1.27. The molecule has 2 saturated heterocycles. The lowest BCUT2D eigenvalue weighted by atomic mass is 9.56. The monoisotopic (exact) mass is 525 g/mol. The van der Waals surface area contributed by atoms with Crippen molar-refractivity contribution in [2.75, 3.05) is 40.3 Å². The second-order valence-electron chi connectivity index (χ2n) is 12.1. The first-order valence-electron chi connectivity index (χ1n) is 14.2. The van der Waals surface area contributed by atoms with Gasteiger partial charge in [-0.15, -0.1) is 0 Å². The third-order valence-corrected chi connectivity index (χ3v) is 9.52. The number of ether oxygens (including phenoxy) is 1. The van der Waals surface area contributed by atoms with E-state index in [0.717, 1.165) is 75.2 Å². The zero-order chi connectivity index (χ0) is 27.1. The number of carbonyl (C=O) groups excluding carboxylic acids is 1. The summed E-state index contributed by atoms with van der Waals surface area (Å²) in [6.45, 7) is 6.65. The van der Waals surface area contributed by atoms with E-state index in [9.17, 15) is 10.1 Å². The molecule has 0 bridgehead atoms. The number of amides is 1. The Morgan fingerprint density at radius 3 is 2.64 bits per heavy atom. The van der Waals surface area contributed by atoms with Gasteiger partial charge in [0, 0.05) is 79.3 Å². The third kappa shape index (κ3) is 4.81. The topological polar surface area (TPSA) is 84.4 Å². The van der Waals surface area contributed by atoms with Crippen LogP contribution in [0.1, 0.15) is 58.8 Å². The van der Waals surface area contributed by atoms with Gasteiger partial charge in [-0.2, -0.15) is 5.26 Å². The van der Waals surface area contributed by atoms with E-state index in [2.05, 4.69) is 52.5 Å². The molecule has 0 radical (unpaired) electrons. The van der Waals surface area contributed by atoms with Gasteiger partial charge in [-0.25, -0.2) is 0 Å². The van der Waals surface area contributed by atoms with Crippen molar-refractivity contribution >= 4 is 16.8 Å². The Bertz CT molecular complexity index is 1390. The fourth-order valence-corrected chi connectivity index (χ4v) is 7.14. The maximum absolute atomic E-state index is 13.1. The van der Waals surface area contributed by atoms with Crippen LogP contribution < -0.4 is 10.1 Å². The summed E-state index contributed by atoms with van der Waals surface area (Å²) in [7, 11) is 3.66. The van der Waals surface area contributed by atoms with Crippen molar-refractivity contribution in [2.24, 2.45) is 17.3 Å². The number of carbonyl (C=O) groups is 1. The maximum atomic E-state index is 13.1. The van der Waals surface area contributed by atoms with E-state index >= 15 is 0 Å². The Labute approximate surface area is 231 Å². The summed E-state index contributed by atoms with van der Waals surface area (Å²) in [6, 6.07) is 15.3. The molecule has 204 valence electrons. The molecule has 0 unspecified atom stereocenters. The first-order valence-corrected chi connectivity index (χ1v) is 14.2. The SMILES string of the molecule is COc1cc(C)c2[nH]ccc2c1CN1CCC2(CC(C#N)C2)C[C@H]1c1ccc(C(=O)N(C)CC2CNC2)cc1. The van der Waals surface area contributed by atoms with Crippen LogP contribution in [0.3, 0.4) is 0 Å². The molecule has 2 aliphatic heterocycles. The molecule has 1 amide bonds. The first-order chi connectivity index (χ1) is 18.9. The van der Waals surface area contributed by atoms with E-state index in [-0.39, 0.29) is 23.3 Å². The predicted molar refractivity (Wildman–Crippen MR) is 153 cm³/mol. The minimum atomic E-state index is 0.0838. The van der Waals surface area contributed by atoms with Crippen LogP contribution in [0.2, 0.25) is 0 Å². The number of hydrogen-bond acceptors (Lipinski definition) is 5. The van der Waals surface area contributed by atoms with Crippen LogP contribution in [0.15, 0.2) is 42.6 Å². The van der Waals surface area contributed by atoms with Crippen LogP contribution in [0, 0.1) is 35.5 Å². The number of aryl methyl sites for hydroxylation is 1. The number of fused-ring (bicyclic) bond motifs is 1. The van der Waals surface area contributed by atoms with Crippen LogP contribution in [-0.4, -0.2) is 61.0 Å². The molecule has 39 heavy (non-hydrogen) atoms. The molecule has 7 nitrogen and oxygen atoms in total. The van der Waals surface area contributed by atoms with Crippen molar-refractivity contribution in [1.29, 1.82) is 5.26 Å². The summed E-state index contributed by atoms with van der Waals surface area (Å²) in [5.41, 5.74) is 5.79. The van der Waals surface area contributed by atoms with E-state index in [0.29, 0.717) is 5.92 Å². The molecule has 6 rings (SSSR count). The normalized spacial score (nSPS) is 25.2. The molecule has 3 heterocycles. The summed E-state index contributed by atoms with van der Waals surface area (Å²) >= 11 is 0. The second kappa shape index (κ2) is 10.3. The van der Waals surface area contributed by atoms with Gasteiger partial charge >= 0.3 is 0 Å². The summed E-state index contributed by atoms with van der Waals surface area (Å²) < 4.78 is 5.87. The van der Waals surface area contributed by atoms with Gasteiger partial charge in [0.25, 0.3) is 5.91 Å². The van der Waals surface area contributed by atoms with Crippen LogP contribution in [-0.2, 0) is 6.54 Å². The number of hydrogen-bond donors (Lipinski definition) is 2. The lowest BCUT2D eigenvalue weighted by molar-refractivity contribution is -0.0298. The fourth-order valence-electron chi connectivity index (χ4n) is 7.14. The van der Waals surface area contributed by atoms with E-state index in [4.69, 9.17) is 4.74 Å². The van der Waals surface area contributed by atoms with E-state index in [1.54, 1.807) is 7.11 Å². The summed E-state index contributed by atoms with van der Waals surface area (Å²) in [4.78, 5) is 20.9. The summed E-state index contributed by atoms with van der Waals surface area (Å²) in [5, 5.41) is 14.0. The standard InChI is InChI=1S/C32H39N5O2/c1-21-12-29(39-3)27(26-8-10-35-30(21)26)20-37-11-9-32(13-22(14-32)16-33)15-28(37)24-4-6-25(7-5-24)31(38)36(2)19-23-17-34-18-23/h4-8,10,12,22-23,28,34-35H,9,11,13-15,17-20H2,1-3H3/t22?,28-,32?/m0/s1. The third-order valence-electron chi connectivity index (χ3n) is 9.52. The van der Waals surface area contributed by atoms with E-state index < -0.39 is 0 Å². The Hall–Kier alpha value is -3.34. The van der Waals surface area contributed by atoms with Crippen LogP contribution in [0.4, 0.5) is 0 Å².